The summed E-state index contributed by atoms with van der Waals surface area (Å²) in [5, 5.41) is 13.8. The summed E-state index contributed by atoms with van der Waals surface area (Å²) < 4.78 is 12.8. The number of rotatable bonds is 1. The van der Waals surface area contributed by atoms with E-state index >= 15 is 0 Å². The van der Waals surface area contributed by atoms with Gasteiger partial charge in [0.25, 0.3) is 5.69 Å². The summed E-state index contributed by atoms with van der Waals surface area (Å²) >= 11 is 0. The van der Waals surface area contributed by atoms with Gasteiger partial charge >= 0.3 is 5.91 Å². The van der Waals surface area contributed by atoms with Gasteiger partial charge in [-0.05, 0) is 26.8 Å². The van der Waals surface area contributed by atoms with Crippen LogP contribution in [0.3, 0.4) is 0 Å². The van der Waals surface area contributed by atoms with Gasteiger partial charge in [0.15, 0.2) is 5.82 Å². The van der Waals surface area contributed by atoms with E-state index in [9.17, 15) is 14.4 Å². The number of pyridine rings is 1. The minimum atomic E-state index is -0.669. The van der Waals surface area contributed by atoms with Gasteiger partial charge < -0.3 is 10.5 Å². The second-order valence-corrected chi connectivity index (χ2v) is 4.26. The first-order chi connectivity index (χ1) is 6.79. The molecule has 1 aromatic heterocycles. The Hall–Kier alpha value is -1.65. The van der Waals surface area contributed by atoms with Crippen molar-refractivity contribution in [2.45, 2.75) is 26.3 Å². The van der Waals surface area contributed by atoms with Crippen LogP contribution in [0.25, 0.3) is 0 Å². The highest BCUT2D eigenvalue weighted by Gasteiger charge is 2.21. The molecule has 1 heterocycles. The number of nitrogens with one attached hydrogen (secondary N) is 1. The third kappa shape index (κ3) is 3.19. The normalized spacial score (nSPS) is 11.2. The molecule has 5 heteroatoms. The first-order valence-corrected chi connectivity index (χ1v) is 4.51. The van der Waals surface area contributed by atoms with Crippen molar-refractivity contribution in [3.8, 4) is 0 Å². The van der Waals surface area contributed by atoms with E-state index in [1.54, 1.807) is 20.8 Å². The van der Waals surface area contributed by atoms with Crippen molar-refractivity contribution in [1.29, 1.82) is 0 Å². The lowest BCUT2D eigenvalue weighted by Crippen LogP contribution is -2.46. The summed E-state index contributed by atoms with van der Waals surface area (Å²) in [6, 6.07) is 2.23. The molecule has 1 rings (SSSR count). The molecule has 0 aromatic carbocycles. The Morgan fingerprint density at radius 1 is 1.47 bits per heavy atom. The number of amides is 1. The summed E-state index contributed by atoms with van der Waals surface area (Å²) in [5.41, 5.74) is -0.551. The topological polar surface area (TPSA) is 56.0 Å². The molecule has 0 saturated carbocycles. The van der Waals surface area contributed by atoms with Gasteiger partial charge in [0.05, 0.1) is 0 Å². The Bertz CT molecular complexity index is 385. The van der Waals surface area contributed by atoms with Crippen molar-refractivity contribution in [2.75, 3.05) is 0 Å². The molecule has 0 aliphatic carbocycles. The number of hydrogen-bond donors (Lipinski definition) is 1. The van der Waals surface area contributed by atoms with Crippen LogP contribution in [-0.4, -0.2) is 11.4 Å². The Labute approximate surface area is 87.3 Å². The molecule has 0 fully saturated rings. The summed E-state index contributed by atoms with van der Waals surface area (Å²) in [5.74, 6) is -1.19. The van der Waals surface area contributed by atoms with Gasteiger partial charge in [-0.25, -0.2) is 4.39 Å². The molecule has 0 aliphatic heterocycles. The van der Waals surface area contributed by atoms with Gasteiger partial charge in [-0.1, -0.05) is 0 Å². The summed E-state index contributed by atoms with van der Waals surface area (Å²) in [7, 11) is 0. The fourth-order valence-corrected chi connectivity index (χ4v) is 1.04. The molecule has 15 heavy (non-hydrogen) atoms. The number of hydrogen-bond acceptors (Lipinski definition) is 2. The molecule has 0 radical (unpaired) electrons. The largest absolute Gasteiger partial charge is 0.618 e. The Morgan fingerprint density at radius 2 is 2.07 bits per heavy atom. The van der Waals surface area contributed by atoms with Gasteiger partial charge in [-0.2, -0.15) is 4.73 Å². The first-order valence-electron chi connectivity index (χ1n) is 4.51. The lowest BCUT2D eigenvalue weighted by molar-refractivity contribution is -0.609. The highest BCUT2D eigenvalue weighted by atomic mass is 19.1. The molecule has 0 bridgehead atoms. The molecule has 0 saturated heterocycles. The van der Waals surface area contributed by atoms with Crippen molar-refractivity contribution < 1.29 is 13.9 Å². The maximum atomic E-state index is 12.6. The Balaban J connectivity index is 2.92. The van der Waals surface area contributed by atoms with E-state index in [-0.39, 0.29) is 10.4 Å². The van der Waals surface area contributed by atoms with Crippen molar-refractivity contribution in [2.24, 2.45) is 0 Å². The number of halogens is 1. The van der Waals surface area contributed by atoms with E-state index in [0.717, 1.165) is 18.3 Å². The van der Waals surface area contributed by atoms with Crippen molar-refractivity contribution in [3.05, 3.63) is 35.0 Å². The number of carbonyl (C=O) groups excluding carboxylic acids is 1. The molecular formula is C10H13FN2O2. The lowest BCUT2D eigenvalue weighted by Gasteiger charge is -2.19. The minimum absolute atomic E-state index is 0.119. The van der Waals surface area contributed by atoms with E-state index in [2.05, 4.69) is 5.32 Å². The molecule has 4 nitrogen and oxygen atoms in total. The lowest BCUT2D eigenvalue weighted by atomic mass is 10.1. The van der Waals surface area contributed by atoms with E-state index in [4.69, 9.17) is 0 Å². The standard InChI is InChI=1S/C10H13FN2O2/c1-10(2,3)12-9(14)8-5-4-7(11)6-13(8)15/h4-6H,1-3H3,(H,12,14). The van der Waals surface area contributed by atoms with E-state index in [1.807, 2.05) is 0 Å². The fourth-order valence-electron chi connectivity index (χ4n) is 1.04. The average Bonchev–Trinajstić information content (AvgIpc) is 1.99. The van der Waals surface area contributed by atoms with Gasteiger partial charge in [0.1, 0.15) is 0 Å². The molecule has 0 spiro atoms. The number of nitrogens with zero attached hydrogens (tertiary/aromatic N) is 1. The molecule has 1 amide bonds. The average molecular weight is 212 g/mol. The molecular weight excluding hydrogens is 199 g/mol. The zero-order valence-electron chi connectivity index (χ0n) is 8.87. The maximum Gasteiger partial charge on any atom is 0.317 e. The molecule has 0 atom stereocenters. The Morgan fingerprint density at radius 3 is 2.53 bits per heavy atom. The third-order valence-corrected chi connectivity index (χ3v) is 1.60. The van der Waals surface area contributed by atoms with Gasteiger partial charge in [0.2, 0.25) is 6.20 Å². The Kier molecular flexibility index (Phi) is 2.93. The monoisotopic (exact) mass is 212 g/mol. The number of carbonyl (C=O) groups is 1. The third-order valence-electron chi connectivity index (χ3n) is 1.60. The van der Waals surface area contributed by atoms with Gasteiger partial charge in [-0.3, -0.25) is 4.79 Å². The number of aromatic nitrogens is 1. The second-order valence-electron chi connectivity index (χ2n) is 4.26. The smallest absolute Gasteiger partial charge is 0.317 e. The van der Waals surface area contributed by atoms with E-state index in [0.29, 0.717) is 0 Å². The minimum Gasteiger partial charge on any atom is -0.618 e. The highest BCUT2D eigenvalue weighted by Crippen LogP contribution is 2.02. The maximum absolute atomic E-state index is 12.6. The zero-order chi connectivity index (χ0) is 11.6. The van der Waals surface area contributed by atoms with Gasteiger partial charge in [-0.15, -0.1) is 0 Å². The van der Waals surface area contributed by atoms with Crippen LogP contribution >= 0.6 is 0 Å². The van der Waals surface area contributed by atoms with Crippen LogP contribution in [0.4, 0.5) is 4.39 Å². The highest BCUT2D eigenvalue weighted by molar-refractivity contribution is 5.91. The van der Waals surface area contributed by atoms with Crippen molar-refractivity contribution in [3.63, 3.8) is 0 Å². The summed E-state index contributed by atoms with van der Waals surface area (Å²) in [6.07, 6.45) is 0.720. The molecule has 1 aromatic rings. The van der Waals surface area contributed by atoms with E-state index in [1.165, 1.54) is 0 Å². The van der Waals surface area contributed by atoms with Crippen LogP contribution in [0.1, 0.15) is 31.3 Å². The molecule has 1 N–H and O–H groups in total. The van der Waals surface area contributed by atoms with Crippen LogP contribution in [-0.2, 0) is 0 Å². The van der Waals surface area contributed by atoms with Crippen LogP contribution in [0.15, 0.2) is 18.3 Å². The van der Waals surface area contributed by atoms with Crippen LogP contribution in [0.5, 0.6) is 0 Å². The van der Waals surface area contributed by atoms with Crippen LogP contribution in [0.2, 0.25) is 0 Å². The summed E-state index contributed by atoms with van der Waals surface area (Å²) in [4.78, 5) is 11.5. The predicted molar refractivity (Wildman–Crippen MR) is 52.6 cm³/mol. The predicted octanol–water partition coefficient (Wildman–Crippen LogP) is 0.987. The first kappa shape index (κ1) is 11.4. The zero-order valence-corrected chi connectivity index (χ0v) is 8.87. The quantitative estimate of drug-likeness (QED) is 0.557. The molecule has 82 valence electrons. The van der Waals surface area contributed by atoms with Crippen LogP contribution in [0, 0.1) is 11.0 Å². The molecule has 0 aliphatic rings. The van der Waals surface area contributed by atoms with Crippen molar-refractivity contribution in [1.82, 2.24) is 5.32 Å². The summed E-state index contributed by atoms with van der Waals surface area (Å²) in [6.45, 7) is 5.39. The van der Waals surface area contributed by atoms with Gasteiger partial charge in [0, 0.05) is 11.6 Å². The molecule has 0 unspecified atom stereocenters. The second kappa shape index (κ2) is 3.84. The SMILES string of the molecule is CC(C)(C)NC(=O)c1ccc(F)c[n+]1[O-]. The van der Waals surface area contributed by atoms with Crippen molar-refractivity contribution >= 4 is 5.91 Å². The van der Waals surface area contributed by atoms with E-state index < -0.39 is 17.3 Å². The van der Waals surface area contributed by atoms with Crippen LogP contribution < -0.4 is 10.0 Å². The fraction of sp³-hybridized carbons (Fsp3) is 0.400.